The van der Waals surface area contributed by atoms with Crippen LogP contribution in [0, 0.1) is 5.92 Å². The van der Waals surface area contributed by atoms with Gasteiger partial charge in [0, 0.05) is 17.3 Å². The molecule has 1 N–H and O–H groups in total. The molecule has 0 atom stereocenters. The van der Waals surface area contributed by atoms with Gasteiger partial charge in [0.15, 0.2) is 0 Å². The molecule has 4 heteroatoms. The molecule has 0 bridgehead atoms. The Balaban J connectivity index is 2.79. The van der Waals surface area contributed by atoms with Gasteiger partial charge in [-0.1, -0.05) is 32.0 Å². The highest BCUT2D eigenvalue weighted by Gasteiger charge is 2.10. The Morgan fingerprint density at radius 1 is 1.25 bits per heavy atom. The molecule has 0 radical (unpaired) electrons. The van der Waals surface area contributed by atoms with E-state index >= 15 is 0 Å². The molecule has 1 rings (SSSR count). The highest BCUT2D eigenvalue weighted by molar-refractivity contribution is 5.96. The van der Waals surface area contributed by atoms with Gasteiger partial charge in [-0.25, -0.2) is 4.79 Å². The van der Waals surface area contributed by atoms with Crippen molar-refractivity contribution in [1.29, 1.82) is 0 Å². The number of carbonyl (C=O) groups is 2. The van der Waals surface area contributed by atoms with E-state index in [1.54, 1.807) is 31.2 Å². The molecule has 1 aromatic carbocycles. The van der Waals surface area contributed by atoms with Gasteiger partial charge < -0.3 is 10.1 Å². The number of allylic oxidation sites excluding steroid dienone is 1. The summed E-state index contributed by atoms with van der Waals surface area (Å²) in [5.41, 5.74) is 1.14. The highest BCUT2D eigenvalue weighted by atomic mass is 16.5. The topological polar surface area (TPSA) is 55.4 Å². The zero-order chi connectivity index (χ0) is 15.0. The van der Waals surface area contributed by atoms with Crippen LogP contribution in [0.4, 0.5) is 0 Å². The van der Waals surface area contributed by atoms with Gasteiger partial charge in [-0.05, 0) is 31.4 Å². The van der Waals surface area contributed by atoms with Crippen LogP contribution in [0.2, 0.25) is 0 Å². The van der Waals surface area contributed by atoms with Crippen molar-refractivity contribution in [2.75, 3.05) is 6.61 Å². The number of carbonyl (C=O) groups excluding carboxylic acids is 2. The van der Waals surface area contributed by atoms with Crippen LogP contribution in [0.3, 0.4) is 0 Å². The van der Waals surface area contributed by atoms with E-state index in [-0.39, 0.29) is 5.91 Å². The van der Waals surface area contributed by atoms with Crippen LogP contribution in [0.25, 0.3) is 0 Å². The van der Waals surface area contributed by atoms with Gasteiger partial charge in [0.05, 0.1) is 6.61 Å². The maximum atomic E-state index is 12.1. The minimum absolute atomic E-state index is 0.221. The molecule has 4 nitrogen and oxygen atoms in total. The van der Waals surface area contributed by atoms with Crippen LogP contribution < -0.4 is 5.32 Å². The Hall–Kier alpha value is -2.10. The van der Waals surface area contributed by atoms with E-state index < -0.39 is 5.97 Å². The Labute approximate surface area is 119 Å². The summed E-state index contributed by atoms with van der Waals surface area (Å²) >= 11 is 0. The number of ether oxygens (including phenoxy) is 1. The van der Waals surface area contributed by atoms with Gasteiger partial charge in [-0.2, -0.15) is 0 Å². The number of nitrogens with one attached hydrogen (secondary N) is 1. The van der Waals surface area contributed by atoms with Crippen LogP contribution in [0.5, 0.6) is 0 Å². The Bertz CT molecular complexity index is 478. The van der Waals surface area contributed by atoms with Crippen molar-refractivity contribution in [3.05, 3.63) is 47.7 Å². The number of hydrogen-bond acceptors (Lipinski definition) is 3. The van der Waals surface area contributed by atoms with E-state index in [9.17, 15) is 9.59 Å². The maximum Gasteiger partial charge on any atom is 0.332 e. The zero-order valence-electron chi connectivity index (χ0n) is 12.2. The van der Waals surface area contributed by atoms with E-state index in [4.69, 9.17) is 4.74 Å². The zero-order valence-corrected chi connectivity index (χ0v) is 12.2. The molecule has 108 valence electrons. The lowest BCUT2D eigenvalue weighted by molar-refractivity contribution is -0.137. The third kappa shape index (κ3) is 5.69. The van der Waals surface area contributed by atoms with Crippen molar-refractivity contribution in [3.63, 3.8) is 0 Å². The fraction of sp³-hybridized carbons (Fsp3) is 0.375. The van der Waals surface area contributed by atoms with Crippen LogP contribution in [0.1, 0.15) is 37.6 Å². The molecular weight excluding hydrogens is 254 g/mol. The number of amides is 1. The SMILES string of the molecule is CCOC(=O)C=C(CC(C)C)NC(=O)c1ccccc1. The van der Waals surface area contributed by atoms with Crippen LogP contribution >= 0.6 is 0 Å². The molecule has 0 aliphatic carbocycles. The first kappa shape index (κ1) is 16.0. The molecule has 0 spiro atoms. The summed E-state index contributed by atoms with van der Waals surface area (Å²) in [6, 6.07) is 8.90. The van der Waals surface area contributed by atoms with Crippen LogP contribution in [-0.2, 0) is 9.53 Å². The lowest BCUT2D eigenvalue weighted by Crippen LogP contribution is -2.24. The highest BCUT2D eigenvalue weighted by Crippen LogP contribution is 2.10. The first-order valence-corrected chi connectivity index (χ1v) is 6.76. The summed E-state index contributed by atoms with van der Waals surface area (Å²) in [6.45, 7) is 6.11. The van der Waals surface area contributed by atoms with Crippen LogP contribution in [0.15, 0.2) is 42.1 Å². The molecule has 20 heavy (non-hydrogen) atoms. The average molecular weight is 275 g/mol. The molecule has 0 heterocycles. The minimum atomic E-state index is -0.434. The van der Waals surface area contributed by atoms with Gasteiger partial charge in [-0.3, -0.25) is 4.79 Å². The van der Waals surface area contributed by atoms with Crippen molar-refractivity contribution < 1.29 is 14.3 Å². The summed E-state index contributed by atoms with van der Waals surface area (Å²) in [5, 5.41) is 2.78. The fourth-order valence-electron chi connectivity index (χ4n) is 1.72. The quantitative estimate of drug-likeness (QED) is 0.641. The monoisotopic (exact) mass is 275 g/mol. The molecule has 0 fully saturated rings. The largest absolute Gasteiger partial charge is 0.463 e. The lowest BCUT2D eigenvalue weighted by atomic mass is 10.1. The molecule has 1 aromatic rings. The van der Waals surface area contributed by atoms with Gasteiger partial charge in [0.1, 0.15) is 0 Å². The van der Waals surface area contributed by atoms with E-state index in [0.29, 0.717) is 30.2 Å². The van der Waals surface area contributed by atoms with Crippen molar-refractivity contribution >= 4 is 11.9 Å². The molecule has 0 aliphatic heterocycles. The molecule has 1 amide bonds. The number of rotatable bonds is 6. The van der Waals surface area contributed by atoms with E-state index in [2.05, 4.69) is 5.32 Å². The molecule has 0 unspecified atom stereocenters. The van der Waals surface area contributed by atoms with E-state index in [1.807, 2.05) is 19.9 Å². The second-order valence-electron chi connectivity index (χ2n) is 4.84. The van der Waals surface area contributed by atoms with Crippen molar-refractivity contribution in [2.24, 2.45) is 5.92 Å². The summed E-state index contributed by atoms with van der Waals surface area (Å²) in [5.74, 6) is -0.329. The van der Waals surface area contributed by atoms with Gasteiger partial charge in [0.25, 0.3) is 5.91 Å². The Morgan fingerprint density at radius 2 is 1.90 bits per heavy atom. The fourth-order valence-corrected chi connectivity index (χ4v) is 1.72. The van der Waals surface area contributed by atoms with Crippen molar-refractivity contribution in [2.45, 2.75) is 27.2 Å². The minimum Gasteiger partial charge on any atom is -0.463 e. The number of benzene rings is 1. The first-order valence-electron chi connectivity index (χ1n) is 6.76. The van der Waals surface area contributed by atoms with Crippen molar-refractivity contribution in [3.8, 4) is 0 Å². The third-order valence-electron chi connectivity index (χ3n) is 2.52. The lowest BCUT2D eigenvalue weighted by Gasteiger charge is -2.12. The molecule has 0 saturated carbocycles. The summed E-state index contributed by atoms with van der Waals surface area (Å²) < 4.78 is 4.87. The molecule has 0 aromatic heterocycles. The Kier molecular flexibility index (Phi) is 6.50. The predicted octanol–water partition coefficient (Wildman–Crippen LogP) is 2.91. The van der Waals surface area contributed by atoms with Gasteiger partial charge in [-0.15, -0.1) is 0 Å². The predicted molar refractivity (Wildman–Crippen MR) is 78.1 cm³/mol. The summed E-state index contributed by atoms with van der Waals surface area (Å²) in [4.78, 5) is 23.6. The summed E-state index contributed by atoms with van der Waals surface area (Å²) in [7, 11) is 0. The molecule has 0 saturated heterocycles. The molecule has 0 aliphatic rings. The smallest absolute Gasteiger partial charge is 0.332 e. The molecular formula is C16H21NO3. The van der Waals surface area contributed by atoms with E-state index in [0.717, 1.165) is 0 Å². The number of esters is 1. The van der Waals surface area contributed by atoms with Gasteiger partial charge >= 0.3 is 5.97 Å². The maximum absolute atomic E-state index is 12.1. The average Bonchev–Trinajstić information content (AvgIpc) is 2.39. The van der Waals surface area contributed by atoms with E-state index in [1.165, 1.54) is 6.08 Å². The summed E-state index contributed by atoms with van der Waals surface area (Å²) in [6.07, 6.45) is 1.96. The second-order valence-corrected chi connectivity index (χ2v) is 4.84. The second kappa shape index (κ2) is 8.15. The first-order chi connectivity index (χ1) is 9.52. The normalized spacial score (nSPS) is 11.3. The number of hydrogen-bond donors (Lipinski definition) is 1. The third-order valence-corrected chi connectivity index (χ3v) is 2.52. The van der Waals surface area contributed by atoms with Crippen molar-refractivity contribution in [1.82, 2.24) is 5.32 Å². The standard InChI is InChI=1S/C16H21NO3/c1-4-20-15(18)11-14(10-12(2)3)17-16(19)13-8-6-5-7-9-13/h5-9,11-12H,4,10H2,1-3H3,(H,17,19). The van der Waals surface area contributed by atoms with Gasteiger partial charge in [0.2, 0.25) is 0 Å². The van der Waals surface area contributed by atoms with Crippen LogP contribution in [-0.4, -0.2) is 18.5 Å². The Morgan fingerprint density at radius 3 is 2.45 bits per heavy atom.